The summed E-state index contributed by atoms with van der Waals surface area (Å²) in [6.07, 6.45) is 6.04. The van der Waals surface area contributed by atoms with Crippen LogP contribution in [0.2, 0.25) is 0 Å². The van der Waals surface area contributed by atoms with Gasteiger partial charge in [-0.25, -0.2) is 8.42 Å². The largest absolute Gasteiger partial charge is 0.368 e. The zero-order chi connectivity index (χ0) is 26.7. The van der Waals surface area contributed by atoms with Gasteiger partial charge in [-0.3, -0.25) is 4.79 Å². The van der Waals surface area contributed by atoms with E-state index in [0.29, 0.717) is 30.7 Å². The molecule has 2 aliphatic heterocycles. The van der Waals surface area contributed by atoms with Crippen LogP contribution in [0, 0.1) is 5.92 Å². The Morgan fingerprint density at radius 3 is 2.30 bits per heavy atom. The highest BCUT2D eigenvalue weighted by atomic mass is 79.9. The minimum atomic E-state index is -3.72. The molecule has 2 saturated heterocycles. The SMILES string of the molecule is C=C(/C=C\C=C(C)C)N1CCN(C(=O)[C@@H]2CN(S(=O)(=O)c3cc(Br)c(Br)s3)CC2c2ccccc2)CC1. The second-order valence-electron chi connectivity index (χ2n) is 9.54. The Labute approximate surface area is 240 Å². The molecule has 3 heterocycles. The highest BCUT2D eigenvalue weighted by Gasteiger charge is 2.45. The third kappa shape index (κ3) is 6.47. The van der Waals surface area contributed by atoms with Gasteiger partial charge in [0.2, 0.25) is 5.91 Å². The number of amides is 1. The summed E-state index contributed by atoms with van der Waals surface area (Å²) < 4.78 is 30.2. The van der Waals surface area contributed by atoms with Crippen LogP contribution in [0.5, 0.6) is 0 Å². The first-order valence-corrected chi connectivity index (χ1v) is 16.0. The second-order valence-corrected chi connectivity index (χ2v) is 14.9. The van der Waals surface area contributed by atoms with Crippen molar-refractivity contribution in [1.82, 2.24) is 14.1 Å². The van der Waals surface area contributed by atoms with Gasteiger partial charge in [-0.15, -0.1) is 11.3 Å². The Hall–Kier alpha value is -1.72. The van der Waals surface area contributed by atoms with Crippen molar-refractivity contribution in [2.45, 2.75) is 24.0 Å². The summed E-state index contributed by atoms with van der Waals surface area (Å²) >= 11 is 7.96. The first kappa shape index (κ1) is 28.3. The molecule has 0 aliphatic carbocycles. The van der Waals surface area contributed by atoms with Crippen LogP contribution in [0.3, 0.4) is 0 Å². The number of hydrogen-bond acceptors (Lipinski definition) is 5. The molecule has 4 rings (SSSR count). The van der Waals surface area contributed by atoms with Crippen LogP contribution in [0.4, 0.5) is 0 Å². The van der Waals surface area contributed by atoms with Crippen molar-refractivity contribution in [3.8, 4) is 0 Å². The Morgan fingerprint density at radius 2 is 1.70 bits per heavy atom. The lowest BCUT2D eigenvalue weighted by molar-refractivity contribution is -0.137. The monoisotopic (exact) mass is 667 g/mol. The quantitative estimate of drug-likeness (QED) is 0.347. The van der Waals surface area contributed by atoms with Gasteiger partial charge in [0.15, 0.2) is 0 Å². The van der Waals surface area contributed by atoms with Crippen LogP contribution < -0.4 is 0 Å². The number of rotatable bonds is 7. The number of piperazine rings is 1. The summed E-state index contributed by atoms with van der Waals surface area (Å²) in [5, 5.41) is 0. The third-order valence-corrected chi connectivity index (χ3v) is 12.3. The fraction of sp³-hybridized carbons (Fsp3) is 0.370. The van der Waals surface area contributed by atoms with Crippen molar-refractivity contribution in [3.63, 3.8) is 0 Å². The van der Waals surface area contributed by atoms with Gasteiger partial charge in [0.25, 0.3) is 10.0 Å². The molecule has 1 aromatic carbocycles. The summed E-state index contributed by atoms with van der Waals surface area (Å²) in [4.78, 5) is 17.9. The van der Waals surface area contributed by atoms with Gasteiger partial charge >= 0.3 is 0 Å². The van der Waals surface area contributed by atoms with Crippen LogP contribution in [0.15, 0.2) is 84.9 Å². The van der Waals surface area contributed by atoms with E-state index in [0.717, 1.165) is 15.0 Å². The molecule has 0 spiro atoms. The predicted octanol–water partition coefficient (Wildman–Crippen LogP) is 5.86. The van der Waals surface area contributed by atoms with Gasteiger partial charge in [0.05, 0.1) is 9.70 Å². The molecule has 2 fully saturated rings. The summed E-state index contributed by atoms with van der Waals surface area (Å²) in [6.45, 7) is 11.3. The number of thiophene rings is 1. The van der Waals surface area contributed by atoms with E-state index in [2.05, 4.69) is 43.3 Å². The maximum absolute atomic E-state index is 13.8. The molecule has 1 unspecified atom stereocenters. The molecule has 1 amide bonds. The summed E-state index contributed by atoms with van der Waals surface area (Å²) in [7, 11) is -3.72. The average Bonchev–Trinajstić information content (AvgIpc) is 3.48. The first-order chi connectivity index (χ1) is 17.6. The predicted molar refractivity (Wildman–Crippen MR) is 157 cm³/mol. The summed E-state index contributed by atoms with van der Waals surface area (Å²) in [5.74, 6) is -0.614. The molecule has 0 N–H and O–H groups in total. The molecule has 2 atom stereocenters. The number of sulfonamides is 1. The van der Waals surface area contributed by atoms with Crippen molar-refractivity contribution >= 4 is 59.1 Å². The van der Waals surface area contributed by atoms with E-state index in [1.54, 1.807) is 6.07 Å². The molecule has 2 aromatic rings. The van der Waals surface area contributed by atoms with Crippen molar-refractivity contribution in [2.75, 3.05) is 39.3 Å². The fourth-order valence-corrected chi connectivity index (χ4v) is 9.21. The van der Waals surface area contributed by atoms with E-state index in [9.17, 15) is 13.2 Å². The van der Waals surface area contributed by atoms with Crippen LogP contribution in [0.25, 0.3) is 0 Å². The van der Waals surface area contributed by atoms with Gasteiger partial charge < -0.3 is 9.80 Å². The summed E-state index contributed by atoms with van der Waals surface area (Å²) in [6, 6.07) is 11.4. The number of halogens is 2. The maximum atomic E-state index is 13.8. The smallest absolute Gasteiger partial charge is 0.252 e. The fourth-order valence-electron chi connectivity index (χ4n) is 4.74. The van der Waals surface area contributed by atoms with Gasteiger partial charge in [0.1, 0.15) is 4.21 Å². The number of allylic oxidation sites excluding steroid dienone is 4. The number of benzene rings is 1. The molecule has 0 radical (unpaired) electrons. The molecular formula is C27H31Br2N3O3S2. The number of carbonyl (C=O) groups excluding carboxylic acids is 1. The lowest BCUT2D eigenvalue weighted by atomic mass is 9.88. The first-order valence-electron chi connectivity index (χ1n) is 12.1. The zero-order valence-corrected chi connectivity index (χ0v) is 25.7. The molecule has 1 aromatic heterocycles. The molecule has 10 heteroatoms. The average molecular weight is 670 g/mol. The van der Waals surface area contributed by atoms with E-state index in [1.165, 1.54) is 21.2 Å². The number of carbonyl (C=O) groups is 1. The Morgan fingerprint density at radius 1 is 1.05 bits per heavy atom. The van der Waals surface area contributed by atoms with E-state index in [-0.39, 0.29) is 29.1 Å². The van der Waals surface area contributed by atoms with Gasteiger partial charge in [-0.2, -0.15) is 4.31 Å². The Bertz CT molecular complexity index is 1290. The number of nitrogens with zero attached hydrogens (tertiary/aromatic N) is 3. The molecule has 6 nitrogen and oxygen atoms in total. The number of hydrogen-bond donors (Lipinski definition) is 0. The third-order valence-electron chi connectivity index (χ3n) is 6.76. The summed E-state index contributed by atoms with van der Waals surface area (Å²) in [5.41, 5.74) is 3.14. The van der Waals surface area contributed by atoms with Crippen molar-refractivity contribution in [3.05, 3.63) is 86.3 Å². The standard InChI is InChI=1S/C27H31Br2N3O3S2/c1-19(2)8-7-9-20(3)30-12-14-31(15-13-30)27(33)23-18-32(17-22(23)21-10-5-4-6-11-21)37(34,35)25-16-24(28)26(29)36-25/h4-11,16,22-23H,3,12-15,17-18H2,1-2H3/b9-7-/t22?,23-/m1/s1. The molecule has 0 bridgehead atoms. The highest BCUT2D eigenvalue weighted by Crippen LogP contribution is 2.41. The Kier molecular flexibility index (Phi) is 9.17. The van der Waals surface area contributed by atoms with Crippen molar-refractivity contribution < 1.29 is 13.2 Å². The van der Waals surface area contributed by atoms with Crippen LogP contribution >= 0.6 is 43.2 Å². The van der Waals surface area contributed by atoms with Crippen molar-refractivity contribution in [2.24, 2.45) is 5.92 Å². The molecule has 37 heavy (non-hydrogen) atoms. The van der Waals surface area contributed by atoms with Crippen LogP contribution in [-0.4, -0.2) is 67.7 Å². The topological polar surface area (TPSA) is 60.9 Å². The van der Waals surface area contributed by atoms with Gasteiger partial charge in [0, 0.05) is 55.4 Å². The zero-order valence-electron chi connectivity index (χ0n) is 20.9. The van der Waals surface area contributed by atoms with E-state index in [4.69, 9.17) is 0 Å². The van der Waals surface area contributed by atoms with E-state index in [1.807, 2.05) is 67.3 Å². The highest BCUT2D eigenvalue weighted by molar-refractivity contribution is 9.13. The van der Waals surface area contributed by atoms with Crippen LogP contribution in [0.1, 0.15) is 25.3 Å². The normalized spacial score (nSPS) is 21.0. The minimum Gasteiger partial charge on any atom is -0.368 e. The van der Waals surface area contributed by atoms with Crippen LogP contribution in [-0.2, 0) is 14.8 Å². The minimum absolute atomic E-state index is 0.0189. The van der Waals surface area contributed by atoms with Gasteiger partial charge in [-0.1, -0.05) is 54.6 Å². The lowest BCUT2D eigenvalue weighted by Gasteiger charge is -2.38. The molecular weight excluding hydrogens is 638 g/mol. The van der Waals surface area contributed by atoms with E-state index < -0.39 is 15.9 Å². The maximum Gasteiger partial charge on any atom is 0.252 e. The molecule has 0 saturated carbocycles. The van der Waals surface area contributed by atoms with Gasteiger partial charge in [-0.05, 0) is 63.4 Å². The second kappa shape index (κ2) is 12.0. The molecule has 2 aliphatic rings. The molecule has 198 valence electrons. The van der Waals surface area contributed by atoms with E-state index >= 15 is 0 Å². The Balaban J connectivity index is 1.50. The van der Waals surface area contributed by atoms with Crippen molar-refractivity contribution in [1.29, 1.82) is 0 Å². The lowest BCUT2D eigenvalue weighted by Crippen LogP contribution is -2.50.